The standard InChI is InChI=1S/C8H17NO3/c1-5(2)7(6(3)10)9-8(11)12-4/h5,7-9,11H,1-4H3/t7-,8?/m0/s1. The minimum Gasteiger partial charge on any atom is -0.356 e. The van der Waals surface area contributed by atoms with Crippen molar-refractivity contribution in [3.8, 4) is 0 Å². The molecule has 0 aliphatic rings. The van der Waals surface area contributed by atoms with E-state index < -0.39 is 6.41 Å². The van der Waals surface area contributed by atoms with Crippen molar-refractivity contribution in [1.82, 2.24) is 5.32 Å². The Hall–Kier alpha value is -0.450. The van der Waals surface area contributed by atoms with Gasteiger partial charge < -0.3 is 9.84 Å². The molecule has 72 valence electrons. The second kappa shape index (κ2) is 5.24. The predicted molar refractivity (Wildman–Crippen MR) is 45.5 cm³/mol. The van der Waals surface area contributed by atoms with Crippen LogP contribution in [0.1, 0.15) is 20.8 Å². The number of aliphatic hydroxyl groups is 1. The van der Waals surface area contributed by atoms with Crippen LogP contribution in [0.4, 0.5) is 0 Å². The third-order valence-electron chi connectivity index (χ3n) is 1.65. The van der Waals surface area contributed by atoms with Gasteiger partial charge in [0, 0.05) is 7.11 Å². The molecule has 0 rings (SSSR count). The number of carbonyl (C=O) groups is 1. The normalized spacial score (nSPS) is 16.2. The molecule has 4 heteroatoms. The van der Waals surface area contributed by atoms with E-state index in [4.69, 9.17) is 5.11 Å². The molecule has 1 unspecified atom stereocenters. The lowest BCUT2D eigenvalue weighted by Gasteiger charge is -2.22. The van der Waals surface area contributed by atoms with E-state index >= 15 is 0 Å². The quantitative estimate of drug-likeness (QED) is 0.582. The van der Waals surface area contributed by atoms with Gasteiger partial charge >= 0.3 is 0 Å². The maximum absolute atomic E-state index is 11.0. The second-order valence-corrected chi connectivity index (χ2v) is 3.09. The summed E-state index contributed by atoms with van der Waals surface area (Å²) in [6.07, 6.45) is -1.07. The van der Waals surface area contributed by atoms with Crippen LogP contribution in [0.5, 0.6) is 0 Å². The molecule has 0 aromatic heterocycles. The average Bonchev–Trinajstić information content (AvgIpc) is 1.98. The molecule has 0 aromatic rings. The maximum Gasteiger partial charge on any atom is 0.213 e. The molecule has 0 fully saturated rings. The van der Waals surface area contributed by atoms with Gasteiger partial charge in [-0.05, 0) is 12.8 Å². The summed E-state index contributed by atoms with van der Waals surface area (Å²) in [6, 6.07) is -0.347. The smallest absolute Gasteiger partial charge is 0.213 e. The maximum atomic E-state index is 11.0. The molecule has 0 saturated heterocycles. The average molecular weight is 175 g/mol. The Kier molecular flexibility index (Phi) is 5.04. The summed E-state index contributed by atoms with van der Waals surface area (Å²) in [5, 5.41) is 11.7. The van der Waals surface area contributed by atoms with Gasteiger partial charge in [0.2, 0.25) is 6.41 Å². The van der Waals surface area contributed by atoms with Crippen LogP contribution in [0, 0.1) is 5.92 Å². The van der Waals surface area contributed by atoms with Crippen LogP contribution in [-0.4, -0.2) is 30.5 Å². The van der Waals surface area contributed by atoms with Crippen molar-refractivity contribution < 1.29 is 14.6 Å². The molecule has 0 saturated carbocycles. The van der Waals surface area contributed by atoms with Gasteiger partial charge in [0.25, 0.3) is 0 Å². The number of methoxy groups -OCH3 is 1. The van der Waals surface area contributed by atoms with E-state index in [0.717, 1.165) is 0 Å². The molecule has 0 radical (unpaired) electrons. The lowest BCUT2D eigenvalue weighted by molar-refractivity contribution is -0.131. The molecule has 0 spiro atoms. The van der Waals surface area contributed by atoms with Gasteiger partial charge in [-0.3, -0.25) is 10.1 Å². The Morgan fingerprint density at radius 1 is 1.50 bits per heavy atom. The fourth-order valence-electron chi connectivity index (χ4n) is 1.00. The second-order valence-electron chi connectivity index (χ2n) is 3.09. The lowest BCUT2D eigenvalue weighted by Crippen LogP contribution is -2.46. The van der Waals surface area contributed by atoms with Crippen LogP contribution < -0.4 is 5.32 Å². The highest BCUT2D eigenvalue weighted by Crippen LogP contribution is 2.03. The van der Waals surface area contributed by atoms with Crippen molar-refractivity contribution in [2.45, 2.75) is 33.2 Å². The summed E-state index contributed by atoms with van der Waals surface area (Å²) in [5.41, 5.74) is 0. The summed E-state index contributed by atoms with van der Waals surface area (Å²) in [6.45, 7) is 5.29. The Balaban J connectivity index is 4.05. The van der Waals surface area contributed by atoms with E-state index in [0.29, 0.717) is 0 Å². The number of aliphatic hydroxyl groups excluding tert-OH is 1. The molecule has 0 bridgehead atoms. The SMILES string of the molecule is COC(O)N[C@H](C(C)=O)C(C)C. The van der Waals surface area contributed by atoms with Gasteiger partial charge in [0.15, 0.2) is 0 Å². The summed E-state index contributed by atoms with van der Waals surface area (Å²) in [4.78, 5) is 11.0. The molecule has 4 nitrogen and oxygen atoms in total. The van der Waals surface area contributed by atoms with Crippen molar-refractivity contribution in [1.29, 1.82) is 0 Å². The first kappa shape index (κ1) is 11.6. The predicted octanol–water partition coefficient (Wildman–Crippen LogP) is 0.112. The van der Waals surface area contributed by atoms with Crippen molar-refractivity contribution >= 4 is 5.78 Å². The van der Waals surface area contributed by atoms with Crippen LogP contribution in [0.3, 0.4) is 0 Å². The van der Waals surface area contributed by atoms with Crippen LogP contribution >= 0.6 is 0 Å². The highest BCUT2D eigenvalue weighted by Gasteiger charge is 2.20. The van der Waals surface area contributed by atoms with Gasteiger partial charge in [-0.25, -0.2) is 0 Å². The topological polar surface area (TPSA) is 58.6 Å². The third kappa shape index (κ3) is 3.80. The van der Waals surface area contributed by atoms with Crippen LogP contribution in [0.2, 0.25) is 0 Å². The van der Waals surface area contributed by atoms with E-state index in [1.165, 1.54) is 14.0 Å². The first-order valence-electron chi connectivity index (χ1n) is 3.96. The summed E-state index contributed by atoms with van der Waals surface area (Å²) >= 11 is 0. The molecule has 0 aliphatic heterocycles. The molecule has 2 atom stereocenters. The van der Waals surface area contributed by atoms with Gasteiger partial charge in [-0.15, -0.1) is 0 Å². The molecule has 0 heterocycles. The number of Topliss-reactive ketones (excluding diaryl/α,β-unsaturated/α-hetero) is 1. The number of carbonyl (C=O) groups excluding carboxylic acids is 1. The van der Waals surface area contributed by atoms with Crippen molar-refractivity contribution in [2.24, 2.45) is 5.92 Å². The Morgan fingerprint density at radius 3 is 2.25 bits per heavy atom. The zero-order valence-electron chi connectivity index (χ0n) is 8.00. The zero-order valence-corrected chi connectivity index (χ0v) is 8.00. The fraction of sp³-hybridized carbons (Fsp3) is 0.875. The fourth-order valence-corrected chi connectivity index (χ4v) is 1.00. The molecule has 0 aliphatic carbocycles. The van der Waals surface area contributed by atoms with E-state index in [-0.39, 0.29) is 17.7 Å². The van der Waals surface area contributed by atoms with Crippen LogP contribution in [-0.2, 0) is 9.53 Å². The van der Waals surface area contributed by atoms with Crippen LogP contribution in [0.15, 0.2) is 0 Å². The summed E-state index contributed by atoms with van der Waals surface area (Å²) in [5.74, 6) is 0.147. The molecular formula is C8H17NO3. The number of rotatable bonds is 5. The Labute approximate surface area is 72.9 Å². The number of ketones is 1. The summed E-state index contributed by atoms with van der Waals surface area (Å²) < 4.78 is 4.57. The third-order valence-corrected chi connectivity index (χ3v) is 1.65. The number of hydrogen-bond donors (Lipinski definition) is 2. The van der Waals surface area contributed by atoms with E-state index in [1.54, 1.807) is 0 Å². The van der Waals surface area contributed by atoms with Gasteiger partial charge in [-0.2, -0.15) is 0 Å². The highest BCUT2D eigenvalue weighted by atomic mass is 16.6. The molecule has 0 aromatic carbocycles. The van der Waals surface area contributed by atoms with Crippen molar-refractivity contribution in [3.05, 3.63) is 0 Å². The first-order chi connectivity index (χ1) is 5.49. The van der Waals surface area contributed by atoms with Gasteiger partial charge in [-0.1, -0.05) is 13.8 Å². The number of nitrogens with one attached hydrogen (secondary N) is 1. The number of ether oxygens (including phenoxy) is 1. The zero-order chi connectivity index (χ0) is 9.72. The molecule has 2 N–H and O–H groups in total. The van der Waals surface area contributed by atoms with E-state index in [9.17, 15) is 4.79 Å². The Bertz CT molecular complexity index is 147. The van der Waals surface area contributed by atoms with Crippen LogP contribution in [0.25, 0.3) is 0 Å². The first-order valence-corrected chi connectivity index (χ1v) is 3.96. The monoisotopic (exact) mass is 175 g/mol. The van der Waals surface area contributed by atoms with Gasteiger partial charge in [0.05, 0.1) is 6.04 Å². The van der Waals surface area contributed by atoms with E-state index in [2.05, 4.69) is 10.1 Å². The molecule has 0 amide bonds. The van der Waals surface area contributed by atoms with Gasteiger partial charge in [0.1, 0.15) is 5.78 Å². The molecule has 12 heavy (non-hydrogen) atoms. The number of hydrogen-bond acceptors (Lipinski definition) is 4. The molecular weight excluding hydrogens is 158 g/mol. The van der Waals surface area contributed by atoms with Crippen molar-refractivity contribution in [2.75, 3.05) is 7.11 Å². The highest BCUT2D eigenvalue weighted by molar-refractivity contribution is 5.81. The van der Waals surface area contributed by atoms with E-state index in [1.807, 2.05) is 13.8 Å². The largest absolute Gasteiger partial charge is 0.356 e. The summed E-state index contributed by atoms with van der Waals surface area (Å²) in [7, 11) is 1.37. The minimum atomic E-state index is -1.07. The lowest BCUT2D eigenvalue weighted by atomic mass is 10.0. The minimum absolute atomic E-state index is 0.00102. The Morgan fingerprint density at radius 2 is 2.00 bits per heavy atom. The van der Waals surface area contributed by atoms with Crippen molar-refractivity contribution in [3.63, 3.8) is 0 Å².